The van der Waals surface area contributed by atoms with E-state index in [-0.39, 0.29) is 27.8 Å². The van der Waals surface area contributed by atoms with Crippen molar-refractivity contribution in [3.05, 3.63) is 28.8 Å². The van der Waals surface area contributed by atoms with Gasteiger partial charge in [-0.25, -0.2) is 4.48 Å². The number of likely N-dealkylation sites (N-methyl/N-ethyl adjacent to an activating group) is 1. The highest BCUT2D eigenvalue weighted by molar-refractivity contribution is 7.99. The number of nitrogens with zero attached hydrogens (tertiary/aromatic N) is 1. The third-order valence-corrected chi connectivity index (χ3v) is 5.71. The summed E-state index contributed by atoms with van der Waals surface area (Å²) < 4.78 is 45.9. The van der Waals surface area contributed by atoms with Crippen molar-refractivity contribution in [2.45, 2.75) is 50.3 Å². The zero-order chi connectivity index (χ0) is 20.5. The molecule has 0 saturated heterocycles. The first-order valence-corrected chi connectivity index (χ1v) is 9.90. The number of rotatable bonds is 3. The number of thioether (sulfide) groups is 1. The number of carbonyl (C=O) groups excluding carboxylic acids is 1. The molecular formula is C19H27F3NO3S+. The van der Waals surface area contributed by atoms with Gasteiger partial charge in [0.2, 0.25) is 0 Å². The molecule has 1 aliphatic rings. The normalized spacial score (nSPS) is 20.7. The highest BCUT2D eigenvalue weighted by Gasteiger charge is 2.40. The number of halogens is 3. The van der Waals surface area contributed by atoms with Crippen molar-refractivity contribution < 1.29 is 32.3 Å². The van der Waals surface area contributed by atoms with Gasteiger partial charge in [0.1, 0.15) is 5.60 Å². The molecule has 1 aliphatic heterocycles. The van der Waals surface area contributed by atoms with Crippen LogP contribution in [0.1, 0.15) is 37.5 Å². The number of benzene rings is 1. The fourth-order valence-corrected chi connectivity index (χ4v) is 4.15. The third-order valence-electron chi connectivity index (χ3n) is 4.56. The quantitative estimate of drug-likeness (QED) is 0.602. The second kappa shape index (κ2) is 8.01. The number of hydrogen-bond acceptors (Lipinski definition) is 4. The van der Waals surface area contributed by atoms with E-state index in [4.69, 9.17) is 9.84 Å². The highest BCUT2D eigenvalue weighted by Crippen LogP contribution is 2.41. The Bertz CT molecular complexity index is 701. The molecule has 1 aromatic carbocycles. The summed E-state index contributed by atoms with van der Waals surface area (Å²) >= 11 is 1.02. The molecule has 0 aliphatic carbocycles. The lowest BCUT2D eigenvalue weighted by Crippen LogP contribution is -2.53. The Morgan fingerprint density at radius 3 is 2.41 bits per heavy atom. The van der Waals surface area contributed by atoms with Gasteiger partial charge in [0.15, 0.2) is 0 Å². The van der Waals surface area contributed by atoms with Gasteiger partial charge in [0.25, 0.3) is 0 Å². The van der Waals surface area contributed by atoms with Crippen molar-refractivity contribution in [1.29, 1.82) is 0 Å². The topological polar surface area (TPSA) is 46.5 Å². The summed E-state index contributed by atoms with van der Waals surface area (Å²) in [5.41, 5.74) is 0.166. The maximum Gasteiger partial charge on any atom is 0.516 e. The summed E-state index contributed by atoms with van der Waals surface area (Å²) in [7, 11) is 1.77. The molecule has 1 heterocycles. The van der Waals surface area contributed by atoms with Crippen molar-refractivity contribution in [3.8, 4) is 0 Å². The number of hydrogen-bond donors (Lipinski definition) is 1. The molecule has 0 saturated carbocycles. The molecule has 0 spiro atoms. The Kier molecular flexibility index (Phi) is 6.54. The molecule has 4 nitrogen and oxygen atoms in total. The fraction of sp³-hybridized carbons (Fsp3) is 0.632. The van der Waals surface area contributed by atoms with E-state index in [9.17, 15) is 18.0 Å². The van der Waals surface area contributed by atoms with Gasteiger partial charge in [-0.1, -0.05) is 6.07 Å². The number of ether oxygens (including phenoxy) is 1. The van der Waals surface area contributed by atoms with E-state index in [1.54, 1.807) is 27.8 Å². The maximum atomic E-state index is 13.5. The van der Waals surface area contributed by atoms with Crippen LogP contribution in [-0.4, -0.2) is 53.8 Å². The van der Waals surface area contributed by atoms with E-state index in [1.165, 1.54) is 6.07 Å². The number of fused-ring (bicyclic) bond motifs is 1. The minimum absolute atomic E-state index is 0.0252. The average Bonchev–Trinajstić information content (AvgIpc) is 2.70. The number of quaternary nitrogens is 1. The molecule has 152 valence electrons. The summed E-state index contributed by atoms with van der Waals surface area (Å²) in [4.78, 5) is 12.8. The summed E-state index contributed by atoms with van der Waals surface area (Å²) in [6, 6.07) is 2.63. The van der Waals surface area contributed by atoms with Crippen molar-refractivity contribution in [3.63, 3.8) is 0 Å². The van der Waals surface area contributed by atoms with E-state index in [1.807, 2.05) is 0 Å². The Morgan fingerprint density at radius 1 is 1.22 bits per heavy atom. The molecule has 8 heteroatoms. The molecule has 2 rings (SSSR count). The lowest BCUT2D eigenvalue weighted by atomic mass is 9.99. The molecule has 1 amide bonds. The van der Waals surface area contributed by atoms with Gasteiger partial charge in [0, 0.05) is 23.5 Å². The zero-order valence-corrected chi connectivity index (χ0v) is 17.0. The zero-order valence-electron chi connectivity index (χ0n) is 16.2. The molecular weight excluding hydrogens is 379 g/mol. The molecule has 0 bridgehead atoms. The molecule has 27 heavy (non-hydrogen) atoms. The first kappa shape index (κ1) is 22.0. The smallest absolute Gasteiger partial charge is 0.414 e. The van der Waals surface area contributed by atoms with Gasteiger partial charge in [-0.2, -0.15) is 18.0 Å². The van der Waals surface area contributed by atoms with E-state index < -0.39 is 17.3 Å². The summed E-state index contributed by atoms with van der Waals surface area (Å²) in [5, 5.41) is 9.08. The summed E-state index contributed by atoms with van der Waals surface area (Å²) in [6.45, 7) is 6.03. The minimum atomic E-state index is -4.46. The molecule has 0 aromatic heterocycles. The Morgan fingerprint density at radius 2 is 1.85 bits per heavy atom. The largest absolute Gasteiger partial charge is 0.516 e. The lowest BCUT2D eigenvalue weighted by molar-refractivity contribution is -0.837. The van der Waals surface area contributed by atoms with Crippen LogP contribution in [0.15, 0.2) is 17.0 Å². The average molecular weight is 406 g/mol. The first-order chi connectivity index (χ1) is 12.4. The van der Waals surface area contributed by atoms with Crippen LogP contribution in [0.4, 0.5) is 18.0 Å². The van der Waals surface area contributed by atoms with Gasteiger partial charge in [0.05, 0.1) is 32.3 Å². The molecule has 0 radical (unpaired) electrons. The van der Waals surface area contributed by atoms with E-state index in [2.05, 4.69) is 0 Å². The second-order valence-electron chi connectivity index (χ2n) is 7.97. The highest BCUT2D eigenvalue weighted by atomic mass is 32.2. The van der Waals surface area contributed by atoms with Gasteiger partial charge in [-0.15, -0.1) is 11.8 Å². The van der Waals surface area contributed by atoms with Crippen LogP contribution in [0.3, 0.4) is 0 Å². The van der Waals surface area contributed by atoms with Crippen LogP contribution in [-0.2, 0) is 23.8 Å². The van der Waals surface area contributed by atoms with Gasteiger partial charge >= 0.3 is 12.3 Å². The Hall–Kier alpha value is -1.25. The molecule has 1 N–H and O–H groups in total. The lowest BCUT2D eigenvalue weighted by Gasteiger charge is -2.32. The van der Waals surface area contributed by atoms with Crippen LogP contribution < -0.4 is 0 Å². The van der Waals surface area contributed by atoms with Crippen molar-refractivity contribution in [2.24, 2.45) is 0 Å². The number of aliphatic hydroxyl groups excluding tert-OH is 1. The summed E-state index contributed by atoms with van der Waals surface area (Å²) in [5.74, 6) is 0.192. The first-order valence-electron chi connectivity index (χ1n) is 8.91. The molecule has 1 unspecified atom stereocenters. The van der Waals surface area contributed by atoms with E-state index in [0.717, 1.165) is 23.4 Å². The number of aliphatic hydroxyl groups is 1. The van der Waals surface area contributed by atoms with E-state index >= 15 is 0 Å². The maximum absolute atomic E-state index is 13.5. The van der Waals surface area contributed by atoms with Gasteiger partial charge in [-0.05, 0) is 38.0 Å². The van der Waals surface area contributed by atoms with Gasteiger partial charge in [-0.3, -0.25) is 0 Å². The molecule has 1 atom stereocenters. The number of carbonyl (C=O) groups is 1. The number of alkyl halides is 3. The van der Waals surface area contributed by atoms with Gasteiger partial charge < -0.3 is 9.84 Å². The SMILES string of the molecule is CC(C)(C)OC(=O)[N+]1(C)CCc2ccc(C(F)(F)F)c(SCCO)c2CC1. The standard InChI is InChI=1S/C19H27F3NO3S/c1-18(2,3)26-17(25)23(4)9-7-13-5-6-15(19(20,21)22)16(27-12-11-24)14(13)8-10-23/h5-6,24H,7-12H2,1-4H3/q+1. The van der Waals surface area contributed by atoms with E-state index in [0.29, 0.717) is 31.5 Å². The third kappa shape index (κ3) is 5.39. The van der Waals surface area contributed by atoms with Crippen molar-refractivity contribution in [1.82, 2.24) is 0 Å². The summed E-state index contributed by atoms with van der Waals surface area (Å²) in [6.07, 6.45) is -3.97. The molecule has 0 fully saturated rings. The van der Waals surface area contributed by atoms with Crippen LogP contribution in [0.2, 0.25) is 0 Å². The Balaban J connectivity index is 2.37. The van der Waals surface area contributed by atoms with Crippen LogP contribution in [0.25, 0.3) is 0 Å². The Labute approximate surface area is 162 Å². The fourth-order valence-electron chi connectivity index (χ4n) is 3.10. The van der Waals surface area contributed by atoms with Crippen molar-refractivity contribution in [2.75, 3.05) is 32.5 Å². The van der Waals surface area contributed by atoms with Crippen LogP contribution in [0.5, 0.6) is 0 Å². The molecule has 1 aromatic rings. The van der Waals surface area contributed by atoms with Crippen molar-refractivity contribution >= 4 is 17.9 Å². The minimum Gasteiger partial charge on any atom is -0.414 e. The second-order valence-corrected chi connectivity index (χ2v) is 9.08. The predicted molar refractivity (Wildman–Crippen MR) is 98.8 cm³/mol. The number of amides is 1. The monoisotopic (exact) mass is 406 g/mol. The van der Waals surface area contributed by atoms with Crippen LogP contribution in [0, 0.1) is 0 Å². The van der Waals surface area contributed by atoms with Crippen LogP contribution >= 0.6 is 11.8 Å². The predicted octanol–water partition coefficient (Wildman–Crippen LogP) is 4.27.